The lowest BCUT2D eigenvalue weighted by Crippen LogP contribution is -2.00. The van der Waals surface area contributed by atoms with Crippen molar-refractivity contribution >= 4 is 9.84 Å². The molecule has 0 aromatic carbocycles. The molecule has 0 spiro atoms. The molecule has 2 aromatic heterocycles. The molecule has 0 aliphatic rings. The first-order chi connectivity index (χ1) is 6.21. The van der Waals surface area contributed by atoms with E-state index < -0.39 is 9.84 Å². The van der Waals surface area contributed by atoms with Crippen molar-refractivity contribution in [1.29, 1.82) is 0 Å². The number of sulfone groups is 1. The molecule has 7 heteroatoms. The molecule has 0 atom stereocenters. The van der Waals surface area contributed by atoms with E-state index in [2.05, 4.69) is 15.4 Å². The van der Waals surface area contributed by atoms with Gasteiger partial charge in [-0.3, -0.25) is 0 Å². The molecule has 0 radical (unpaired) electrons. The molecule has 0 amide bonds. The third-order valence-corrected chi connectivity index (χ3v) is 2.94. The number of hydrogen-bond donors (Lipinski definition) is 1. The lowest BCUT2D eigenvalue weighted by atomic mass is 10.7. The van der Waals surface area contributed by atoms with E-state index in [0.717, 1.165) is 6.20 Å². The van der Waals surface area contributed by atoms with Crippen LogP contribution in [0.3, 0.4) is 0 Å². The van der Waals surface area contributed by atoms with Crippen LogP contribution in [-0.2, 0) is 9.84 Å². The van der Waals surface area contributed by atoms with Gasteiger partial charge in [0.1, 0.15) is 0 Å². The molecule has 1 N–H and O–H groups in total. The molecule has 0 aliphatic carbocycles. The van der Waals surface area contributed by atoms with Crippen molar-refractivity contribution in [1.82, 2.24) is 15.4 Å². The van der Waals surface area contributed by atoms with Crippen molar-refractivity contribution in [3.63, 3.8) is 0 Å². The van der Waals surface area contributed by atoms with E-state index in [1.807, 2.05) is 0 Å². The second-order valence-electron chi connectivity index (χ2n) is 2.24. The van der Waals surface area contributed by atoms with Crippen LogP contribution < -0.4 is 0 Å². The fourth-order valence-electron chi connectivity index (χ4n) is 0.840. The summed E-state index contributed by atoms with van der Waals surface area (Å²) >= 11 is 0. The van der Waals surface area contributed by atoms with Gasteiger partial charge in [0.2, 0.25) is 10.1 Å². The molecular formula is C6H5N3O3S. The Bertz CT molecular complexity index is 431. The van der Waals surface area contributed by atoms with Crippen LogP contribution in [0, 0.1) is 0 Å². The fourth-order valence-corrected chi connectivity index (χ4v) is 1.84. The van der Waals surface area contributed by atoms with Gasteiger partial charge in [-0.05, 0) is 12.1 Å². The van der Waals surface area contributed by atoms with E-state index in [1.165, 1.54) is 18.4 Å². The van der Waals surface area contributed by atoms with Crippen LogP contribution in [0.1, 0.15) is 0 Å². The number of nitrogens with one attached hydrogen (secondary N) is 1. The monoisotopic (exact) mass is 199 g/mol. The summed E-state index contributed by atoms with van der Waals surface area (Å²) in [7, 11) is -3.62. The van der Waals surface area contributed by atoms with E-state index in [-0.39, 0.29) is 10.1 Å². The summed E-state index contributed by atoms with van der Waals surface area (Å²) in [6.07, 6.45) is 2.41. The van der Waals surface area contributed by atoms with Crippen LogP contribution in [0.5, 0.6) is 0 Å². The summed E-state index contributed by atoms with van der Waals surface area (Å²) in [5, 5.41) is 8.79. The highest BCUT2D eigenvalue weighted by molar-refractivity contribution is 7.91. The maximum atomic E-state index is 11.5. The summed E-state index contributed by atoms with van der Waals surface area (Å²) < 4.78 is 27.8. The van der Waals surface area contributed by atoms with Gasteiger partial charge < -0.3 is 4.42 Å². The van der Waals surface area contributed by atoms with Gasteiger partial charge in [-0.1, -0.05) is 0 Å². The lowest BCUT2D eigenvalue weighted by Gasteiger charge is -1.92. The second-order valence-corrected chi connectivity index (χ2v) is 4.07. The summed E-state index contributed by atoms with van der Waals surface area (Å²) in [6.45, 7) is 0. The molecular weight excluding hydrogens is 194 g/mol. The average molecular weight is 199 g/mol. The fraction of sp³-hybridized carbons (Fsp3) is 0. The van der Waals surface area contributed by atoms with Crippen LogP contribution >= 0.6 is 0 Å². The first-order valence-electron chi connectivity index (χ1n) is 3.35. The molecule has 2 rings (SSSR count). The normalized spacial score (nSPS) is 11.7. The highest BCUT2D eigenvalue weighted by Crippen LogP contribution is 2.17. The molecule has 0 bridgehead atoms. The molecule has 0 fully saturated rings. The molecule has 2 heterocycles. The highest BCUT2D eigenvalue weighted by atomic mass is 32.2. The predicted octanol–water partition coefficient (Wildman–Crippen LogP) is 0.231. The van der Waals surface area contributed by atoms with Crippen molar-refractivity contribution in [3.05, 3.63) is 24.6 Å². The summed E-state index contributed by atoms with van der Waals surface area (Å²) in [6, 6.07) is 2.84. The SMILES string of the molecule is O=S(=O)(c1cn[nH]n1)c1ccco1. The zero-order valence-corrected chi connectivity index (χ0v) is 7.15. The minimum atomic E-state index is -3.62. The molecule has 0 saturated carbocycles. The molecule has 0 saturated heterocycles. The van der Waals surface area contributed by atoms with Crippen molar-refractivity contribution in [2.45, 2.75) is 10.1 Å². The smallest absolute Gasteiger partial charge is 0.260 e. The van der Waals surface area contributed by atoms with Gasteiger partial charge in [0.15, 0.2) is 0 Å². The Morgan fingerprint density at radius 2 is 2.31 bits per heavy atom. The van der Waals surface area contributed by atoms with Crippen LogP contribution in [0.2, 0.25) is 0 Å². The van der Waals surface area contributed by atoms with E-state index in [0.29, 0.717) is 0 Å². The first kappa shape index (κ1) is 7.99. The Morgan fingerprint density at radius 1 is 1.46 bits per heavy atom. The number of nitrogens with zero attached hydrogens (tertiary/aromatic N) is 2. The van der Waals surface area contributed by atoms with E-state index in [1.54, 1.807) is 0 Å². The Balaban J connectivity index is 2.56. The zero-order valence-electron chi connectivity index (χ0n) is 6.34. The van der Waals surface area contributed by atoms with E-state index >= 15 is 0 Å². The Labute approximate surface area is 73.5 Å². The Hall–Kier alpha value is -1.63. The van der Waals surface area contributed by atoms with Gasteiger partial charge in [-0.15, -0.1) is 5.10 Å². The number of hydrogen-bond acceptors (Lipinski definition) is 5. The Kier molecular flexibility index (Phi) is 1.66. The predicted molar refractivity (Wildman–Crippen MR) is 40.5 cm³/mol. The topological polar surface area (TPSA) is 88.9 Å². The van der Waals surface area contributed by atoms with Crippen molar-refractivity contribution < 1.29 is 12.8 Å². The Morgan fingerprint density at radius 3 is 2.85 bits per heavy atom. The summed E-state index contributed by atoms with van der Waals surface area (Å²) in [4.78, 5) is 0. The maximum Gasteiger partial charge on any atom is 0.260 e. The quantitative estimate of drug-likeness (QED) is 0.747. The molecule has 13 heavy (non-hydrogen) atoms. The zero-order chi connectivity index (χ0) is 9.31. The molecule has 0 unspecified atom stereocenters. The second kappa shape index (κ2) is 2.70. The van der Waals surface area contributed by atoms with Gasteiger partial charge >= 0.3 is 0 Å². The number of aromatic nitrogens is 3. The molecule has 68 valence electrons. The largest absolute Gasteiger partial charge is 0.453 e. The molecule has 6 nitrogen and oxygen atoms in total. The number of aromatic amines is 1. The van der Waals surface area contributed by atoms with Gasteiger partial charge in [0.05, 0.1) is 12.5 Å². The molecule has 0 aliphatic heterocycles. The van der Waals surface area contributed by atoms with Gasteiger partial charge in [0, 0.05) is 0 Å². The van der Waals surface area contributed by atoms with Gasteiger partial charge in [-0.25, -0.2) is 8.42 Å². The minimum absolute atomic E-state index is 0.138. The van der Waals surface area contributed by atoms with Crippen LogP contribution in [0.15, 0.2) is 39.1 Å². The molecule has 2 aromatic rings. The summed E-state index contributed by atoms with van der Waals surface area (Å²) in [5.74, 6) is 0. The van der Waals surface area contributed by atoms with E-state index in [9.17, 15) is 8.42 Å². The number of furan rings is 1. The first-order valence-corrected chi connectivity index (χ1v) is 4.84. The number of rotatable bonds is 2. The number of H-pyrrole nitrogens is 1. The third-order valence-electron chi connectivity index (χ3n) is 1.43. The van der Waals surface area contributed by atoms with Gasteiger partial charge in [0.25, 0.3) is 9.84 Å². The van der Waals surface area contributed by atoms with Crippen molar-refractivity contribution in [3.8, 4) is 0 Å². The maximum absolute atomic E-state index is 11.5. The average Bonchev–Trinajstić information content (AvgIpc) is 2.78. The van der Waals surface area contributed by atoms with Crippen LogP contribution in [-0.4, -0.2) is 23.8 Å². The lowest BCUT2D eigenvalue weighted by molar-refractivity contribution is 0.449. The van der Waals surface area contributed by atoms with Crippen LogP contribution in [0.25, 0.3) is 0 Å². The third kappa shape index (κ3) is 1.22. The van der Waals surface area contributed by atoms with Crippen LogP contribution in [0.4, 0.5) is 0 Å². The highest BCUT2D eigenvalue weighted by Gasteiger charge is 2.22. The standard InChI is InChI=1S/C6H5N3O3S/c10-13(11,5-4-7-9-8-5)6-2-1-3-12-6/h1-4H,(H,7,8,9). The van der Waals surface area contributed by atoms with Crippen molar-refractivity contribution in [2.24, 2.45) is 0 Å². The summed E-state index contributed by atoms with van der Waals surface area (Å²) in [5.41, 5.74) is 0. The van der Waals surface area contributed by atoms with Crippen molar-refractivity contribution in [2.75, 3.05) is 0 Å². The van der Waals surface area contributed by atoms with Gasteiger partial charge in [-0.2, -0.15) is 10.3 Å². The minimum Gasteiger partial charge on any atom is -0.453 e. The van der Waals surface area contributed by atoms with E-state index in [4.69, 9.17) is 4.42 Å².